The molecule has 0 spiro atoms. The minimum atomic E-state index is -0.385. The number of hydrogen-bond donors (Lipinski definition) is 1. The van der Waals surface area contributed by atoms with Crippen LogP contribution in [0.25, 0.3) is 0 Å². The average molecular weight is 346 g/mol. The second-order valence-corrected chi connectivity index (χ2v) is 5.57. The number of amides is 2. The van der Waals surface area contributed by atoms with E-state index < -0.39 is 0 Å². The van der Waals surface area contributed by atoms with E-state index in [1.165, 1.54) is 6.07 Å². The SMILES string of the molecule is COc1cccc(CN(C)C(=O)NCCCOc2ccccc2F)c1. The highest BCUT2D eigenvalue weighted by molar-refractivity contribution is 5.73. The third-order valence-corrected chi connectivity index (χ3v) is 3.59. The fourth-order valence-electron chi connectivity index (χ4n) is 2.26. The molecule has 0 radical (unpaired) electrons. The zero-order chi connectivity index (χ0) is 18.1. The van der Waals surface area contributed by atoms with Crippen molar-refractivity contribution in [1.82, 2.24) is 10.2 Å². The lowest BCUT2D eigenvalue weighted by atomic mass is 10.2. The Balaban J connectivity index is 1.68. The van der Waals surface area contributed by atoms with E-state index in [1.807, 2.05) is 24.3 Å². The van der Waals surface area contributed by atoms with Gasteiger partial charge in [-0.25, -0.2) is 9.18 Å². The van der Waals surface area contributed by atoms with Crippen molar-refractivity contribution in [2.45, 2.75) is 13.0 Å². The molecule has 2 rings (SSSR count). The molecule has 0 unspecified atom stereocenters. The standard InChI is InChI=1S/C19H23FN2O3/c1-22(14-15-7-5-8-16(13-15)24-2)19(23)21-11-6-12-25-18-10-4-3-9-17(18)20/h3-5,7-10,13H,6,11-12,14H2,1-2H3,(H,21,23). The van der Waals surface area contributed by atoms with Crippen LogP contribution in [0.3, 0.4) is 0 Å². The van der Waals surface area contributed by atoms with Crippen molar-refractivity contribution in [3.05, 3.63) is 59.9 Å². The summed E-state index contributed by atoms with van der Waals surface area (Å²) in [7, 11) is 3.34. The Morgan fingerprint density at radius 3 is 2.76 bits per heavy atom. The van der Waals surface area contributed by atoms with Gasteiger partial charge in [0, 0.05) is 20.1 Å². The van der Waals surface area contributed by atoms with Crippen LogP contribution in [0, 0.1) is 5.82 Å². The van der Waals surface area contributed by atoms with Gasteiger partial charge < -0.3 is 19.7 Å². The normalized spacial score (nSPS) is 10.2. The molecule has 2 amide bonds. The Morgan fingerprint density at radius 1 is 1.20 bits per heavy atom. The molecule has 0 saturated heterocycles. The Morgan fingerprint density at radius 2 is 2.00 bits per heavy atom. The van der Waals surface area contributed by atoms with Crippen LogP contribution in [0.2, 0.25) is 0 Å². The van der Waals surface area contributed by atoms with E-state index in [4.69, 9.17) is 9.47 Å². The maximum absolute atomic E-state index is 13.4. The minimum absolute atomic E-state index is 0.172. The molecule has 1 N–H and O–H groups in total. The van der Waals surface area contributed by atoms with Gasteiger partial charge in [0.2, 0.25) is 0 Å². The molecule has 5 nitrogen and oxygen atoms in total. The molecule has 0 aliphatic rings. The average Bonchev–Trinajstić information content (AvgIpc) is 2.62. The van der Waals surface area contributed by atoms with Crippen molar-refractivity contribution in [3.8, 4) is 11.5 Å². The first-order valence-electron chi connectivity index (χ1n) is 8.09. The van der Waals surface area contributed by atoms with Crippen LogP contribution >= 0.6 is 0 Å². The molecular formula is C19H23FN2O3. The molecule has 0 fully saturated rings. The number of halogens is 1. The van der Waals surface area contributed by atoms with Gasteiger partial charge in [-0.1, -0.05) is 24.3 Å². The smallest absolute Gasteiger partial charge is 0.317 e. The molecule has 0 heterocycles. The monoisotopic (exact) mass is 346 g/mol. The first kappa shape index (κ1) is 18.6. The van der Waals surface area contributed by atoms with E-state index in [0.717, 1.165) is 11.3 Å². The van der Waals surface area contributed by atoms with Gasteiger partial charge in [-0.05, 0) is 36.2 Å². The molecule has 2 aromatic rings. The summed E-state index contributed by atoms with van der Waals surface area (Å²) in [6.45, 7) is 1.27. The Bertz CT molecular complexity index is 694. The lowest BCUT2D eigenvalue weighted by molar-refractivity contribution is 0.205. The summed E-state index contributed by atoms with van der Waals surface area (Å²) in [5.74, 6) is 0.602. The van der Waals surface area contributed by atoms with Gasteiger partial charge in [-0.3, -0.25) is 0 Å². The number of benzene rings is 2. The Labute approximate surface area is 147 Å². The number of hydrogen-bond acceptors (Lipinski definition) is 3. The molecule has 25 heavy (non-hydrogen) atoms. The van der Waals surface area contributed by atoms with E-state index in [9.17, 15) is 9.18 Å². The first-order valence-corrected chi connectivity index (χ1v) is 8.09. The zero-order valence-electron chi connectivity index (χ0n) is 14.5. The topological polar surface area (TPSA) is 50.8 Å². The molecule has 0 bridgehead atoms. The second kappa shape index (κ2) is 9.52. The van der Waals surface area contributed by atoms with Gasteiger partial charge in [0.05, 0.1) is 13.7 Å². The summed E-state index contributed by atoms with van der Waals surface area (Å²) in [4.78, 5) is 13.7. The molecule has 0 aromatic heterocycles. The van der Waals surface area contributed by atoms with Crippen molar-refractivity contribution >= 4 is 6.03 Å². The molecule has 0 saturated carbocycles. The van der Waals surface area contributed by atoms with Gasteiger partial charge in [0.25, 0.3) is 0 Å². The number of ether oxygens (including phenoxy) is 2. The highest BCUT2D eigenvalue weighted by Crippen LogP contribution is 2.15. The maximum atomic E-state index is 13.4. The second-order valence-electron chi connectivity index (χ2n) is 5.57. The molecular weight excluding hydrogens is 323 g/mol. The zero-order valence-corrected chi connectivity index (χ0v) is 14.5. The summed E-state index contributed by atoms with van der Waals surface area (Å²) < 4.78 is 23.9. The van der Waals surface area contributed by atoms with Crippen LogP contribution in [-0.2, 0) is 6.54 Å². The number of urea groups is 1. The summed E-state index contributed by atoms with van der Waals surface area (Å²) in [5.41, 5.74) is 0.986. The molecule has 0 atom stereocenters. The van der Waals surface area contributed by atoms with Crippen molar-refractivity contribution in [2.75, 3.05) is 27.3 Å². The van der Waals surface area contributed by atoms with Gasteiger partial charge >= 0.3 is 6.03 Å². The Kier molecular flexibility index (Phi) is 7.07. The summed E-state index contributed by atoms with van der Waals surface area (Å²) in [6.07, 6.45) is 0.590. The van der Waals surface area contributed by atoms with Gasteiger partial charge in [-0.2, -0.15) is 0 Å². The van der Waals surface area contributed by atoms with Crippen LogP contribution in [0.4, 0.5) is 9.18 Å². The quantitative estimate of drug-likeness (QED) is 0.745. The lowest BCUT2D eigenvalue weighted by Crippen LogP contribution is -2.37. The fourth-order valence-corrected chi connectivity index (χ4v) is 2.26. The predicted molar refractivity (Wildman–Crippen MR) is 94.4 cm³/mol. The van der Waals surface area contributed by atoms with Gasteiger partial charge in [0.15, 0.2) is 11.6 Å². The highest BCUT2D eigenvalue weighted by atomic mass is 19.1. The van der Waals surface area contributed by atoms with E-state index in [0.29, 0.717) is 26.1 Å². The summed E-state index contributed by atoms with van der Waals surface area (Å²) in [6, 6.07) is 13.7. The van der Waals surface area contributed by atoms with Crippen molar-refractivity contribution in [1.29, 1.82) is 0 Å². The molecule has 134 valence electrons. The molecule has 6 heteroatoms. The van der Waals surface area contributed by atoms with E-state index in [1.54, 1.807) is 37.3 Å². The number of carbonyl (C=O) groups is 1. The first-order chi connectivity index (χ1) is 12.1. The minimum Gasteiger partial charge on any atom is -0.497 e. The molecule has 0 aliphatic heterocycles. The lowest BCUT2D eigenvalue weighted by Gasteiger charge is -2.18. The van der Waals surface area contributed by atoms with Crippen LogP contribution in [-0.4, -0.2) is 38.2 Å². The largest absolute Gasteiger partial charge is 0.497 e. The number of methoxy groups -OCH3 is 1. The number of rotatable bonds is 8. The third kappa shape index (κ3) is 5.99. The van der Waals surface area contributed by atoms with Crippen molar-refractivity contribution in [3.63, 3.8) is 0 Å². The maximum Gasteiger partial charge on any atom is 0.317 e. The van der Waals surface area contributed by atoms with Gasteiger partial charge in [0.1, 0.15) is 5.75 Å². The third-order valence-electron chi connectivity index (χ3n) is 3.59. The Hall–Kier alpha value is -2.76. The highest BCUT2D eigenvalue weighted by Gasteiger charge is 2.09. The summed E-state index contributed by atoms with van der Waals surface area (Å²) >= 11 is 0. The number of nitrogens with zero attached hydrogens (tertiary/aromatic N) is 1. The van der Waals surface area contributed by atoms with Crippen LogP contribution in [0.15, 0.2) is 48.5 Å². The van der Waals surface area contributed by atoms with E-state index in [2.05, 4.69) is 5.32 Å². The van der Waals surface area contributed by atoms with Crippen molar-refractivity contribution in [2.24, 2.45) is 0 Å². The van der Waals surface area contributed by atoms with E-state index >= 15 is 0 Å². The summed E-state index contributed by atoms with van der Waals surface area (Å²) in [5, 5.41) is 2.81. The molecule has 0 aliphatic carbocycles. The number of carbonyl (C=O) groups excluding carboxylic acids is 1. The van der Waals surface area contributed by atoms with Crippen molar-refractivity contribution < 1.29 is 18.7 Å². The van der Waals surface area contributed by atoms with Crippen LogP contribution < -0.4 is 14.8 Å². The molecule has 2 aromatic carbocycles. The van der Waals surface area contributed by atoms with Crippen LogP contribution in [0.5, 0.6) is 11.5 Å². The van der Waals surface area contributed by atoms with E-state index in [-0.39, 0.29) is 17.6 Å². The predicted octanol–water partition coefficient (Wildman–Crippen LogP) is 3.44. The van der Waals surface area contributed by atoms with Gasteiger partial charge in [-0.15, -0.1) is 0 Å². The number of nitrogens with one attached hydrogen (secondary N) is 1. The van der Waals surface area contributed by atoms with Crippen LogP contribution in [0.1, 0.15) is 12.0 Å². The fraction of sp³-hybridized carbons (Fsp3) is 0.316. The number of para-hydroxylation sites is 1.